The van der Waals surface area contributed by atoms with Crippen LogP contribution in [0.2, 0.25) is 0 Å². The van der Waals surface area contributed by atoms with E-state index in [1.165, 1.54) is 21.6 Å². The number of imide groups is 1. The summed E-state index contributed by atoms with van der Waals surface area (Å²) in [6, 6.07) is 14.1. The lowest BCUT2D eigenvalue weighted by atomic mass is 9.65. The zero-order valence-corrected chi connectivity index (χ0v) is 21.1. The van der Waals surface area contributed by atoms with Gasteiger partial charge in [0, 0.05) is 18.2 Å². The molecule has 2 amide bonds. The Kier molecular flexibility index (Phi) is 4.81. The van der Waals surface area contributed by atoms with E-state index in [1.807, 2.05) is 24.3 Å². The molecule has 0 N–H and O–H groups in total. The summed E-state index contributed by atoms with van der Waals surface area (Å²) in [6.45, 7) is 10.0. The SMILES string of the molecule is Cc1ccc2nc(-c3ccc(N4C(=O)CC(N5CC6(C)CC5CC(C)(C)C6)C4=O)cc3)sc2c1. The number of likely N-dealkylation sites (tertiary alicyclic amines) is 1. The summed E-state index contributed by atoms with van der Waals surface area (Å²) in [7, 11) is 0. The largest absolute Gasteiger partial charge is 0.288 e. The third kappa shape index (κ3) is 3.59. The van der Waals surface area contributed by atoms with Crippen molar-refractivity contribution in [1.29, 1.82) is 0 Å². The predicted molar refractivity (Wildman–Crippen MR) is 137 cm³/mol. The van der Waals surface area contributed by atoms with Crippen LogP contribution < -0.4 is 4.90 Å². The Morgan fingerprint density at radius 3 is 2.56 bits per heavy atom. The first kappa shape index (κ1) is 21.9. The molecule has 6 rings (SSSR count). The number of benzene rings is 2. The van der Waals surface area contributed by atoms with Gasteiger partial charge in [0.15, 0.2) is 0 Å². The number of thiazole rings is 1. The number of fused-ring (bicyclic) bond motifs is 3. The quantitative estimate of drug-likeness (QED) is 0.451. The van der Waals surface area contributed by atoms with Gasteiger partial charge in [-0.3, -0.25) is 14.5 Å². The van der Waals surface area contributed by atoms with Crippen LogP contribution in [0.4, 0.5) is 5.69 Å². The number of amides is 2. The molecule has 3 aromatic rings. The fraction of sp³-hybridized carbons (Fsp3) is 0.464. The lowest BCUT2D eigenvalue weighted by Crippen LogP contribution is -2.45. The third-order valence-corrected chi connectivity index (χ3v) is 8.96. The highest BCUT2D eigenvalue weighted by Gasteiger charge is 2.55. The Bertz CT molecular complexity index is 1310. The first-order chi connectivity index (χ1) is 16.1. The maximum absolute atomic E-state index is 13.5. The molecule has 0 spiro atoms. The highest BCUT2D eigenvalue weighted by atomic mass is 32.1. The first-order valence-electron chi connectivity index (χ1n) is 12.2. The van der Waals surface area contributed by atoms with Crippen molar-refractivity contribution >= 4 is 39.1 Å². The number of rotatable bonds is 3. The molecule has 3 heterocycles. The van der Waals surface area contributed by atoms with Crippen molar-refractivity contribution in [3.05, 3.63) is 48.0 Å². The monoisotopic (exact) mass is 473 g/mol. The Morgan fingerprint density at radius 2 is 1.79 bits per heavy atom. The van der Waals surface area contributed by atoms with Crippen LogP contribution in [0.5, 0.6) is 0 Å². The lowest BCUT2D eigenvalue weighted by Gasteiger charge is -2.40. The van der Waals surface area contributed by atoms with Crippen LogP contribution in [0, 0.1) is 17.8 Å². The second-order valence-corrected chi connectivity index (χ2v) is 12.7. The summed E-state index contributed by atoms with van der Waals surface area (Å²) in [5.74, 6) is -0.161. The molecule has 6 heteroatoms. The number of aromatic nitrogens is 1. The molecule has 3 fully saturated rings. The van der Waals surface area contributed by atoms with E-state index < -0.39 is 0 Å². The van der Waals surface area contributed by atoms with Gasteiger partial charge in [0.2, 0.25) is 5.91 Å². The molecule has 3 atom stereocenters. The van der Waals surface area contributed by atoms with Gasteiger partial charge in [-0.2, -0.15) is 0 Å². The summed E-state index contributed by atoms with van der Waals surface area (Å²) >= 11 is 1.66. The summed E-state index contributed by atoms with van der Waals surface area (Å²) in [6.07, 6.45) is 3.69. The van der Waals surface area contributed by atoms with E-state index in [4.69, 9.17) is 4.98 Å². The van der Waals surface area contributed by atoms with Gasteiger partial charge < -0.3 is 0 Å². The van der Waals surface area contributed by atoms with Crippen molar-refractivity contribution in [2.45, 2.75) is 65.5 Å². The zero-order chi connectivity index (χ0) is 23.8. The van der Waals surface area contributed by atoms with Gasteiger partial charge in [0.25, 0.3) is 5.91 Å². The van der Waals surface area contributed by atoms with E-state index in [0.29, 0.717) is 11.7 Å². The van der Waals surface area contributed by atoms with E-state index in [2.05, 4.69) is 50.8 Å². The first-order valence-corrected chi connectivity index (χ1v) is 13.0. The number of nitrogens with zero attached hydrogens (tertiary/aromatic N) is 3. The van der Waals surface area contributed by atoms with E-state index in [0.717, 1.165) is 35.5 Å². The molecule has 1 saturated carbocycles. The minimum atomic E-state index is -0.333. The van der Waals surface area contributed by atoms with Crippen LogP contribution in [0.15, 0.2) is 42.5 Å². The van der Waals surface area contributed by atoms with Gasteiger partial charge in [-0.15, -0.1) is 11.3 Å². The number of carbonyl (C=O) groups is 2. The Balaban J connectivity index is 1.24. The molecular weight excluding hydrogens is 442 g/mol. The fourth-order valence-corrected chi connectivity index (χ4v) is 7.99. The molecule has 3 aliphatic rings. The number of hydrogen-bond donors (Lipinski definition) is 0. The van der Waals surface area contributed by atoms with Gasteiger partial charge in [-0.05, 0) is 79.0 Å². The summed E-state index contributed by atoms with van der Waals surface area (Å²) in [4.78, 5) is 35.1. The molecule has 0 radical (unpaired) electrons. The summed E-state index contributed by atoms with van der Waals surface area (Å²) in [5.41, 5.74) is 4.40. The molecule has 1 aromatic heterocycles. The standard InChI is InChI=1S/C28H31N3O2S/c1-17-5-10-21-23(11-17)34-25(29-21)18-6-8-19(9-7-18)31-24(32)12-22(26(31)33)30-16-28(4)14-20(30)13-27(2,3)15-28/h5-11,20,22H,12-16H2,1-4H3. The number of anilines is 1. The average molecular weight is 474 g/mol. The highest BCUT2D eigenvalue weighted by molar-refractivity contribution is 7.21. The average Bonchev–Trinajstić information content (AvgIpc) is 3.38. The predicted octanol–water partition coefficient (Wildman–Crippen LogP) is 5.80. The Morgan fingerprint density at radius 1 is 1.03 bits per heavy atom. The van der Waals surface area contributed by atoms with E-state index in [9.17, 15) is 9.59 Å². The molecule has 176 valence electrons. The molecule has 34 heavy (non-hydrogen) atoms. The zero-order valence-electron chi connectivity index (χ0n) is 20.3. The maximum atomic E-state index is 13.5. The summed E-state index contributed by atoms with van der Waals surface area (Å²) < 4.78 is 1.17. The Labute approximate surface area is 204 Å². The van der Waals surface area contributed by atoms with Gasteiger partial charge in [-0.1, -0.05) is 26.8 Å². The molecular formula is C28H31N3O2S. The molecule has 1 aliphatic carbocycles. The van der Waals surface area contributed by atoms with Crippen molar-refractivity contribution in [3.63, 3.8) is 0 Å². The molecule has 2 aliphatic heterocycles. The smallest absolute Gasteiger partial charge is 0.251 e. The second kappa shape index (κ2) is 7.46. The second-order valence-electron chi connectivity index (χ2n) is 11.7. The minimum Gasteiger partial charge on any atom is -0.288 e. The van der Waals surface area contributed by atoms with Crippen molar-refractivity contribution in [1.82, 2.24) is 9.88 Å². The van der Waals surface area contributed by atoms with E-state index in [1.54, 1.807) is 11.3 Å². The normalized spacial score (nSPS) is 28.9. The van der Waals surface area contributed by atoms with Gasteiger partial charge in [0.1, 0.15) is 5.01 Å². The molecule has 2 bridgehead atoms. The molecule has 2 aromatic carbocycles. The van der Waals surface area contributed by atoms with Gasteiger partial charge in [-0.25, -0.2) is 9.88 Å². The van der Waals surface area contributed by atoms with Crippen LogP contribution in [0.25, 0.3) is 20.8 Å². The van der Waals surface area contributed by atoms with Crippen molar-refractivity contribution in [2.24, 2.45) is 10.8 Å². The topological polar surface area (TPSA) is 53.5 Å². The molecule has 5 nitrogen and oxygen atoms in total. The third-order valence-electron chi connectivity index (χ3n) is 7.89. The molecule has 2 saturated heterocycles. The lowest BCUT2D eigenvalue weighted by molar-refractivity contribution is -0.123. The van der Waals surface area contributed by atoms with Crippen molar-refractivity contribution < 1.29 is 9.59 Å². The number of aryl methyl sites for hydroxylation is 1. The minimum absolute atomic E-state index is 0.0674. The number of carbonyl (C=O) groups excluding carboxylic acids is 2. The van der Waals surface area contributed by atoms with E-state index in [-0.39, 0.29) is 35.1 Å². The highest BCUT2D eigenvalue weighted by Crippen LogP contribution is 2.53. The van der Waals surface area contributed by atoms with Crippen LogP contribution in [-0.2, 0) is 9.59 Å². The van der Waals surface area contributed by atoms with Crippen LogP contribution in [0.1, 0.15) is 52.0 Å². The van der Waals surface area contributed by atoms with Crippen molar-refractivity contribution in [2.75, 3.05) is 11.4 Å². The summed E-state index contributed by atoms with van der Waals surface area (Å²) in [5, 5.41) is 0.948. The Hall–Kier alpha value is -2.57. The molecule has 3 unspecified atom stereocenters. The fourth-order valence-electron chi connectivity index (χ4n) is 6.92. The van der Waals surface area contributed by atoms with Gasteiger partial charge >= 0.3 is 0 Å². The van der Waals surface area contributed by atoms with Crippen LogP contribution >= 0.6 is 11.3 Å². The van der Waals surface area contributed by atoms with Gasteiger partial charge in [0.05, 0.1) is 28.4 Å². The van der Waals surface area contributed by atoms with Crippen LogP contribution in [0.3, 0.4) is 0 Å². The van der Waals surface area contributed by atoms with Crippen LogP contribution in [-0.4, -0.2) is 40.3 Å². The maximum Gasteiger partial charge on any atom is 0.251 e. The van der Waals surface area contributed by atoms with Crippen molar-refractivity contribution in [3.8, 4) is 10.6 Å². The van der Waals surface area contributed by atoms with E-state index >= 15 is 0 Å². The number of hydrogen-bond acceptors (Lipinski definition) is 5.